The minimum atomic E-state index is -0.722. The summed E-state index contributed by atoms with van der Waals surface area (Å²) in [6, 6.07) is 6.74. The normalized spacial score (nSPS) is 12.6. The summed E-state index contributed by atoms with van der Waals surface area (Å²) < 4.78 is 4.67. The summed E-state index contributed by atoms with van der Waals surface area (Å²) in [5.74, 6) is 2.14. The summed E-state index contributed by atoms with van der Waals surface area (Å²) in [4.78, 5) is 11.5. The molecule has 0 spiro atoms. The third kappa shape index (κ3) is 2.66. The van der Waals surface area contributed by atoms with Crippen molar-refractivity contribution in [2.45, 2.75) is 25.3 Å². The van der Waals surface area contributed by atoms with Crippen LogP contribution in [-0.2, 0) is 14.9 Å². The Bertz CT molecular complexity index is 458. The molecule has 0 fully saturated rings. The highest BCUT2D eigenvalue weighted by atomic mass is 16.5. The second kappa shape index (κ2) is 5.03. The van der Waals surface area contributed by atoms with E-state index in [0.717, 1.165) is 11.1 Å². The van der Waals surface area contributed by atoms with Gasteiger partial charge >= 0.3 is 5.97 Å². The number of carbonyl (C=O) groups excluding carboxylic acids is 1. The van der Waals surface area contributed by atoms with Crippen molar-refractivity contribution in [3.05, 3.63) is 35.4 Å². The van der Waals surface area contributed by atoms with E-state index in [0.29, 0.717) is 0 Å². The largest absolute Gasteiger partial charge is 0.468 e. The quantitative estimate of drug-likeness (QED) is 0.632. The van der Waals surface area contributed by atoms with Gasteiger partial charge in [-0.25, -0.2) is 0 Å². The molecule has 1 unspecified atom stereocenters. The SMILES string of the molecule is C#Cc1cccc(C(C)(C)C(N)C(=O)OC)c1. The molecule has 0 aliphatic heterocycles. The summed E-state index contributed by atoms with van der Waals surface area (Å²) in [5.41, 5.74) is 7.07. The molecule has 3 heteroatoms. The van der Waals surface area contributed by atoms with E-state index in [1.807, 2.05) is 38.1 Å². The fraction of sp³-hybridized carbons (Fsp3) is 0.357. The van der Waals surface area contributed by atoms with Crippen molar-refractivity contribution in [1.82, 2.24) is 0 Å². The molecule has 1 aromatic carbocycles. The van der Waals surface area contributed by atoms with Crippen LogP contribution in [0.4, 0.5) is 0 Å². The van der Waals surface area contributed by atoms with Gasteiger partial charge in [0, 0.05) is 11.0 Å². The lowest BCUT2D eigenvalue weighted by atomic mass is 9.77. The summed E-state index contributed by atoms with van der Waals surface area (Å²) in [6.45, 7) is 3.79. The third-order valence-corrected chi connectivity index (χ3v) is 3.01. The van der Waals surface area contributed by atoms with Crippen molar-refractivity contribution >= 4 is 5.97 Å². The van der Waals surface area contributed by atoms with Gasteiger partial charge in [-0.3, -0.25) is 4.79 Å². The second-order valence-electron chi connectivity index (χ2n) is 4.45. The van der Waals surface area contributed by atoms with Gasteiger partial charge in [0.25, 0.3) is 0 Å². The lowest BCUT2D eigenvalue weighted by molar-refractivity contribution is -0.143. The first kappa shape index (κ1) is 13.3. The predicted molar refractivity (Wildman–Crippen MR) is 67.4 cm³/mol. The van der Waals surface area contributed by atoms with Crippen LogP contribution in [0.1, 0.15) is 25.0 Å². The predicted octanol–water partition coefficient (Wildman–Crippen LogP) is 1.45. The molecule has 0 saturated carbocycles. The molecule has 0 bridgehead atoms. The van der Waals surface area contributed by atoms with Crippen LogP contribution in [0.5, 0.6) is 0 Å². The maximum absolute atomic E-state index is 11.5. The first-order valence-corrected chi connectivity index (χ1v) is 5.34. The fourth-order valence-corrected chi connectivity index (χ4v) is 1.61. The van der Waals surface area contributed by atoms with Crippen molar-refractivity contribution in [2.24, 2.45) is 5.73 Å². The summed E-state index contributed by atoms with van der Waals surface area (Å²) in [7, 11) is 1.33. The molecule has 2 N–H and O–H groups in total. The van der Waals surface area contributed by atoms with Crippen LogP contribution < -0.4 is 5.73 Å². The Morgan fingerprint density at radius 1 is 1.53 bits per heavy atom. The van der Waals surface area contributed by atoms with Gasteiger partial charge < -0.3 is 10.5 Å². The van der Waals surface area contributed by atoms with E-state index >= 15 is 0 Å². The number of ether oxygens (including phenoxy) is 1. The number of benzene rings is 1. The number of carbonyl (C=O) groups is 1. The van der Waals surface area contributed by atoms with Gasteiger partial charge in [-0.1, -0.05) is 31.9 Å². The van der Waals surface area contributed by atoms with Crippen molar-refractivity contribution in [1.29, 1.82) is 0 Å². The van der Waals surface area contributed by atoms with Gasteiger partial charge in [-0.05, 0) is 17.7 Å². The van der Waals surface area contributed by atoms with Crippen molar-refractivity contribution in [2.75, 3.05) is 7.11 Å². The lowest BCUT2D eigenvalue weighted by Crippen LogP contribution is -2.47. The Labute approximate surface area is 102 Å². The number of nitrogens with two attached hydrogens (primary N) is 1. The maximum Gasteiger partial charge on any atom is 0.323 e. The highest BCUT2D eigenvalue weighted by molar-refractivity contribution is 5.77. The molecular weight excluding hydrogens is 214 g/mol. The highest BCUT2D eigenvalue weighted by Crippen LogP contribution is 2.27. The highest BCUT2D eigenvalue weighted by Gasteiger charge is 2.34. The van der Waals surface area contributed by atoms with Crippen LogP contribution in [-0.4, -0.2) is 19.1 Å². The van der Waals surface area contributed by atoms with Crippen LogP contribution in [0, 0.1) is 12.3 Å². The minimum Gasteiger partial charge on any atom is -0.468 e. The molecule has 1 rings (SSSR count). The minimum absolute atomic E-state index is 0.430. The summed E-state index contributed by atoms with van der Waals surface area (Å²) in [6.07, 6.45) is 5.35. The number of esters is 1. The monoisotopic (exact) mass is 231 g/mol. The van der Waals surface area contributed by atoms with Crippen LogP contribution >= 0.6 is 0 Å². The molecule has 0 aromatic heterocycles. The van der Waals surface area contributed by atoms with E-state index in [2.05, 4.69) is 10.7 Å². The molecule has 0 saturated heterocycles. The molecule has 17 heavy (non-hydrogen) atoms. The number of hydrogen-bond acceptors (Lipinski definition) is 3. The molecule has 0 radical (unpaired) electrons. The molecule has 0 amide bonds. The molecule has 90 valence electrons. The number of terminal acetylenes is 1. The third-order valence-electron chi connectivity index (χ3n) is 3.01. The van der Waals surface area contributed by atoms with Crippen LogP contribution in [0.25, 0.3) is 0 Å². The van der Waals surface area contributed by atoms with E-state index in [-0.39, 0.29) is 0 Å². The van der Waals surface area contributed by atoms with Crippen LogP contribution in [0.15, 0.2) is 24.3 Å². The van der Waals surface area contributed by atoms with Gasteiger partial charge in [-0.2, -0.15) is 0 Å². The zero-order valence-corrected chi connectivity index (χ0v) is 10.4. The van der Waals surface area contributed by atoms with E-state index < -0.39 is 17.4 Å². The Morgan fingerprint density at radius 3 is 2.71 bits per heavy atom. The van der Waals surface area contributed by atoms with E-state index in [1.165, 1.54) is 7.11 Å². The van der Waals surface area contributed by atoms with Gasteiger partial charge in [-0.15, -0.1) is 6.42 Å². The zero-order valence-electron chi connectivity index (χ0n) is 10.4. The molecule has 3 nitrogen and oxygen atoms in total. The standard InChI is InChI=1S/C14H17NO2/c1-5-10-7-6-8-11(9-10)14(2,3)12(15)13(16)17-4/h1,6-9,12H,15H2,2-4H3. The smallest absolute Gasteiger partial charge is 0.323 e. The zero-order chi connectivity index (χ0) is 13.1. The van der Waals surface area contributed by atoms with E-state index in [4.69, 9.17) is 12.2 Å². The van der Waals surface area contributed by atoms with Crippen molar-refractivity contribution in [3.8, 4) is 12.3 Å². The number of rotatable bonds is 3. The second-order valence-corrected chi connectivity index (χ2v) is 4.45. The first-order valence-electron chi connectivity index (χ1n) is 5.34. The summed E-state index contributed by atoms with van der Waals surface area (Å²) >= 11 is 0. The summed E-state index contributed by atoms with van der Waals surface area (Å²) in [5, 5.41) is 0. The number of hydrogen-bond donors (Lipinski definition) is 1. The molecule has 0 heterocycles. The average molecular weight is 231 g/mol. The van der Waals surface area contributed by atoms with Gasteiger partial charge in [0.15, 0.2) is 0 Å². The van der Waals surface area contributed by atoms with Gasteiger partial charge in [0.2, 0.25) is 0 Å². The number of methoxy groups -OCH3 is 1. The molecule has 1 aromatic rings. The fourth-order valence-electron chi connectivity index (χ4n) is 1.61. The Morgan fingerprint density at radius 2 is 2.18 bits per heavy atom. The van der Waals surface area contributed by atoms with E-state index in [1.54, 1.807) is 0 Å². The topological polar surface area (TPSA) is 52.3 Å². The maximum atomic E-state index is 11.5. The van der Waals surface area contributed by atoms with Gasteiger partial charge in [0.05, 0.1) is 7.11 Å². The van der Waals surface area contributed by atoms with Gasteiger partial charge in [0.1, 0.15) is 6.04 Å². The van der Waals surface area contributed by atoms with Crippen LogP contribution in [0.3, 0.4) is 0 Å². The van der Waals surface area contributed by atoms with Crippen LogP contribution in [0.2, 0.25) is 0 Å². The molecular formula is C14H17NO2. The Hall–Kier alpha value is -1.79. The van der Waals surface area contributed by atoms with E-state index in [9.17, 15) is 4.79 Å². The Kier molecular flexibility index (Phi) is 3.93. The van der Waals surface area contributed by atoms with Crippen molar-refractivity contribution in [3.63, 3.8) is 0 Å². The molecule has 0 aliphatic carbocycles. The molecule has 1 atom stereocenters. The Balaban J connectivity index is 3.12. The van der Waals surface area contributed by atoms with Crippen molar-refractivity contribution < 1.29 is 9.53 Å². The lowest BCUT2D eigenvalue weighted by Gasteiger charge is -2.30. The molecule has 0 aliphatic rings. The first-order chi connectivity index (χ1) is 7.93. The average Bonchev–Trinajstić information content (AvgIpc) is 2.36.